The molecule has 0 aromatic carbocycles. The Morgan fingerprint density at radius 3 is 2.33 bits per heavy atom. The maximum absolute atomic E-state index is 12.5. The minimum Gasteiger partial charge on any atom is -0.341 e. The zero-order valence-corrected chi connectivity index (χ0v) is 12.0. The predicted octanol–water partition coefficient (Wildman–Crippen LogP) is 0.373. The summed E-state index contributed by atoms with van der Waals surface area (Å²) in [5, 5.41) is 0. The number of nitrogens with zero attached hydrogens (tertiary/aromatic N) is 1. The Balaban J connectivity index is 0.00000120. The van der Waals surface area contributed by atoms with Gasteiger partial charge in [0.15, 0.2) is 0 Å². The van der Waals surface area contributed by atoms with Gasteiger partial charge in [-0.3, -0.25) is 9.00 Å². The maximum Gasteiger partial charge on any atom is 0.227 e. The first-order valence-electron chi connectivity index (χ1n) is 6.56. The van der Waals surface area contributed by atoms with Gasteiger partial charge in [0.2, 0.25) is 5.91 Å². The van der Waals surface area contributed by atoms with Gasteiger partial charge in [-0.25, -0.2) is 0 Å². The average Bonchev–Trinajstić information content (AvgIpc) is 2.89. The number of carbonyl (C=O) groups excluding carboxylic acids is 1. The summed E-state index contributed by atoms with van der Waals surface area (Å²) in [5.74, 6) is 2.67. The lowest BCUT2D eigenvalue weighted by atomic mass is 9.84. The predicted molar refractivity (Wildman–Crippen MR) is 74.0 cm³/mol. The second-order valence-electron chi connectivity index (χ2n) is 5.61. The first-order chi connectivity index (χ1) is 8.16. The molecule has 2 N–H and O–H groups in total. The summed E-state index contributed by atoms with van der Waals surface area (Å²) in [7, 11) is -0.715. The first kappa shape index (κ1) is 14.3. The summed E-state index contributed by atoms with van der Waals surface area (Å²) < 4.78 is 11.3. The van der Waals surface area contributed by atoms with E-state index in [1.807, 2.05) is 4.90 Å². The monoisotopic (exact) mass is 292 g/mol. The lowest BCUT2D eigenvalue weighted by Gasteiger charge is -2.34. The summed E-state index contributed by atoms with van der Waals surface area (Å²) in [5.41, 5.74) is 6.19. The van der Waals surface area contributed by atoms with Crippen LogP contribution in [0.3, 0.4) is 0 Å². The van der Waals surface area contributed by atoms with E-state index >= 15 is 0 Å². The highest BCUT2D eigenvalue weighted by molar-refractivity contribution is 7.85. The molecule has 1 aliphatic heterocycles. The van der Waals surface area contributed by atoms with Gasteiger partial charge in [0.25, 0.3) is 0 Å². The summed E-state index contributed by atoms with van der Waals surface area (Å²) in [6.07, 6.45) is 3.53. The van der Waals surface area contributed by atoms with Crippen LogP contribution in [0.1, 0.15) is 19.3 Å². The van der Waals surface area contributed by atoms with E-state index in [1.165, 1.54) is 12.8 Å². The van der Waals surface area contributed by atoms with E-state index in [4.69, 9.17) is 5.73 Å². The van der Waals surface area contributed by atoms with Crippen molar-refractivity contribution in [3.8, 4) is 0 Å². The zero-order valence-electron chi connectivity index (χ0n) is 10.4. The van der Waals surface area contributed by atoms with Crippen molar-refractivity contribution in [2.75, 3.05) is 24.6 Å². The van der Waals surface area contributed by atoms with E-state index < -0.39 is 10.8 Å². The van der Waals surface area contributed by atoms with E-state index in [0.717, 1.165) is 6.42 Å². The quantitative estimate of drug-likeness (QED) is 0.760. The minimum absolute atomic E-state index is 0. The molecule has 0 spiro atoms. The third kappa shape index (κ3) is 2.32. The van der Waals surface area contributed by atoms with Crippen LogP contribution in [0, 0.1) is 17.8 Å². The van der Waals surface area contributed by atoms with Crippen molar-refractivity contribution in [3.63, 3.8) is 0 Å². The fourth-order valence-electron chi connectivity index (χ4n) is 3.77. The second-order valence-corrected chi connectivity index (χ2v) is 7.31. The summed E-state index contributed by atoms with van der Waals surface area (Å²) in [6.45, 7) is 1.32. The van der Waals surface area contributed by atoms with Crippen molar-refractivity contribution in [1.82, 2.24) is 4.90 Å². The molecular formula is C12H21ClN2O2S. The van der Waals surface area contributed by atoms with E-state index in [0.29, 0.717) is 36.4 Å². The van der Waals surface area contributed by atoms with Crippen molar-refractivity contribution >= 4 is 29.1 Å². The molecule has 4 atom stereocenters. The molecule has 3 fully saturated rings. The number of halogens is 1. The fourth-order valence-corrected chi connectivity index (χ4v) is 4.82. The molecule has 0 aromatic rings. The summed E-state index contributed by atoms with van der Waals surface area (Å²) in [6, 6.07) is 0.0775. The fraction of sp³-hybridized carbons (Fsp3) is 0.917. The minimum atomic E-state index is -0.715. The molecule has 104 valence electrons. The van der Waals surface area contributed by atoms with Crippen LogP contribution in [-0.2, 0) is 15.6 Å². The second kappa shape index (κ2) is 5.47. The molecule has 2 saturated carbocycles. The van der Waals surface area contributed by atoms with Crippen LogP contribution in [0.4, 0.5) is 0 Å². The highest BCUT2D eigenvalue weighted by atomic mass is 35.5. The SMILES string of the molecule is Cl.NC1C2CCC(C2)C1C(=O)N1CCS(=O)CC1. The van der Waals surface area contributed by atoms with E-state index in [-0.39, 0.29) is 30.3 Å². The van der Waals surface area contributed by atoms with Crippen molar-refractivity contribution in [2.45, 2.75) is 25.3 Å². The maximum atomic E-state index is 12.5. The Labute approximate surface area is 117 Å². The normalized spacial score (nSPS) is 39.7. The van der Waals surface area contributed by atoms with Gasteiger partial charge in [0.1, 0.15) is 0 Å². The van der Waals surface area contributed by atoms with E-state index in [2.05, 4.69) is 0 Å². The Hall–Kier alpha value is -0.130. The zero-order chi connectivity index (χ0) is 12.0. The number of hydrogen-bond donors (Lipinski definition) is 1. The topological polar surface area (TPSA) is 63.4 Å². The molecule has 4 nitrogen and oxygen atoms in total. The highest BCUT2D eigenvalue weighted by Crippen LogP contribution is 2.48. The highest BCUT2D eigenvalue weighted by Gasteiger charge is 2.50. The molecule has 0 radical (unpaired) electrons. The Bertz CT molecular complexity index is 354. The van der Waals surface area contributed by atoms with Crippen molar-refractivity contribution in [3.05, 3.63) is 0 Å². The van der Waals surface area contributed by atoms with Gasteiger partial charge in [-0.15, -0.1) is 12.4 Å². The molecule has 4 unspecified atom stereocenters. The number of fused-ring (bicyclic) bond motifs is 2. The molecular weight excluding hydrogens is 272 g/mol. The molecule has 2 bridgehead atoms. The van der Waals surface area contributed by atoms with Gasteiger partial charge in [-0.1, -0.05) is 0 Å². The van der Waals surface area contributed by atoms with E-state index in [9.17, 15) is 9.00 Å². The number of hydrogen-bond acceptors (Lipinski definition) is 3. The van der Waals surface area contributed by atoms with Crippen LogP contribution in [0.25, 0.3) is 0 Å². The van der Waals surface area contributed by atoms with Gasteiger partial charge < -0.3 is 10.6 Å². The van der Waals surface area contributed by atoms with Crippen LogP contribution in [-0.4, -0.2) is 45.7 Å². The Morgan fingerprint density at radius 2 is 1.78 bits per heavy atom. The molecule has 1 amide bonds. The molecule has 0 aromatic heterocycles. The Morgan fingerprint density at radius 1 is 1.17 bits per heavy atom. The first-order valence-corrected chi connectivity index (χ1v) is 8.05. The molecule has 18 heavy (non-hydrogen) atoms. The van der Waals surface area contributed by atoms with Crippen LogP contribution in [0.5, 0.6) is 0 Å². The molecule has 1 heterocycles. The lowest BCUT2D eigenvalue weighted by molar-refractivity contribution is -0.137. The standard InChI is InChI=1S/C12H20N2O2S.ClH/c13-11-9-2-1-8(7-9)10(11)12(15)14-3-5-17(16)6-4-14;/h8-11H,1-7,13H2;1H. The van der Waals surface area contributed by atoms with Crippen LogP contribution >= 0.6 is 12.4 Å². The van der Waals surface area contributed by atoms with Gasteiger partial charge in [-0.05, 0) is 31.1 Å². The van der Waals surface area contributed by atoms with Crippen molar-refractivity contribution in [2.24, 2.45) is 23.5 Å². The summed E-state index contributed by atoms with van der Waals surface area (Å²) >= 11 is 0. The third-order valence-electron chi connectivity index (χ3n) is 4.76. The molecule has 1 saturated heterocycles. The van der Waals surface area contributed by atoms with Crippen LogP contribution in [0.2, 0.25) is 0 Å². The smallest absolute Gasteiger partial charge is 0.227 e. The van der Waals surface area contributed by atoms with Crippen LogP contribution in [0.15, 0.2) is 0 Å². The Kier molecular flexibility index (Phi) is 4.34. The van der Waals surface area contributed by atoms with Gasteiger partial charge in [-0.2, -0.15) is 0 Å². The molecule has 3 aliphatic rings. The molecule has 2 aliphatic carbocycles. The summed E-state index contributed by atoms with van der Waals surface area (Å²) in [4.78, 5) is 14.3. The third-order valence-corrected chi connectivity index (χ3v) is 6.03. The van der Waals surface area contributed by atoms with Crippen LogP contribution < -0.4 is 5.73 Å². The number of nitrogens with two attached hydrogens (primary N) is 1. The van der Waals surface area contributed by atoms with Gasteiger partial charge >= 0.3 is 0 Å². The van der Waals surface area contributed by atoms with Gasteiger partial charge in [0.05, 0.1) is 5.92 Å². The number of amides is 1. The largest absolute Gasteiger partial charge is 0.341 e. The average molecular weight is 293 g/mol. The lowest BCUT2D eigenvalue weighted by Crippen LogP contribution is -2.50. The number of carbonyl (C=O) groups is 1. The molecule has 6 heteroatoms. The van der Waals surface area contributed by atoms with Gasteiger partial charge in [0, 0.05) is 41.4 Å². The van der Waals surface area contributed by atoms with Crippen molar-refractivity contribution < 1.29 is 9.00 Å². The molecule has 3 rings (SSSR count). The number of rotatable bonds is 1. The van der Waals surface area contributed by atoms with E-state index in [1.54, 1.807) is 0 Å². The van der Waals surface area contributed by atoms with Crippen molar-refractivity contribution in [1.29, 1.82) is 0 Å².